The van der Waals surface area contributed by atoms with Crippen molar-refractivity contribution < 1.29 is 4.79 Å². The number of nitrogens with zero attached hydrogens (tertiary/aromatic N) is 2. The summed E-state index contributed by atoms with van der Waals surface area (Å²) in [5.74, 6) is -0.0483. The Balaban J connectivity index is 1.79. The van der Waals surface area contributed by atoms with Crippen molar-refractivity contribution in [3.63, 3.8) is 0 Å². The number of amides is 1. The molecule has 0 spiro atoms. The van der Waals surface area contributed by atoms with Crippen LogP contribution in [-0.2, 0) is 13.0 Å². The van der Waals surface area contributed by atoms with Gasteiger partial charge in [0.05, 0.1) is 5.69 Å². The average molecular weight is 437 g/mol. The summed E-state index contributed by atoms with van der Waals surface area (Å²) in [4.78, 5) is 18.7. The van der Waals surface area contributed by atoms with Crippen LogP contribution in [0.2, 0.25) is 0 Å². The quantitative estimate of drug-likeness (QED) is 0.459. The lowest BCUT2D eigenvalue weighted by atomic mass is 10.1. The lowest BCUT2D eigenvalue weighted by molar-refractivity contribution is 0.0944. The minimum absolute atomic E-state index is 0.0483. The van der Waals surface area contributed by atoms with E-state index in [0.29, 0.717) is 18.8 Å². The SMILES string of the molecule is Cc1cc(C)cc(N=c2scc(C(=O)NCCc3ccccc3)n2CCCCCN)c1. The van der Waals surface area contributed by atoms with Crippen molar-refractivity contribution in [1.82, 2.24) is 9.88 Å². The summed E-state index contributed by atoms with van der Waals surface area (Å²) in [6, 6.07) is 16.5. The molecule has 3 rings (SSSR count). The number of hydrogen-bond donors (Lipinski definition) is 2. The van der Waals surface area contributed by atoms with E-state index in [2.05, 4.69) is 54.1 Å². The molecule has 0 aliphatic heterocycles. The molecule has 0 fully saturated rings. The number of thiazole rings is 1. The number of unbranched alkanes of at least 4 members (excludes halogenated alkanes) is 2. The van der Waals surface area contributed by atoms with Crippen LogP contribution >= 0.6 is 11.3 Å². The van der Waals surface area contributed by atoms with Gasteiger partial charge in [0.1, 0.15) is 5.69 Å². The van der Waals surface area contributed by atoms with Crippen LogP contribution in [0.3, 0.4) is 0 Å². The Bertz CT molecular complexity index is 1030. The lowest BCUT2D eigenvalue weighted by Gasteiger charge is -2.10. The fourth-order valence-electron chi connectivity index (χ4n) is 3.59. The highest BCUT2D eigenvalue weighted by Gasteiger charge is 2.13. The maximum absolute atomic E-state index is 12.9. The van der Waals surface area contributed by atoms with E-state index in [1.807, 2.05) is 23.6 Å². The van der Waals surface area contributed by atoms with E-state index < -0.39 is 0 Å². The Labute approximate surface area is 188 Å². The number of nitrogens with two attached hydrogens (primary N) is 1. The smallest absolute Gasteiger partial charge is 0.268 e. The number of aryl methyl sites for hydroxylation is 2. The molecule has 5 nitrogen and oxygen atoms in total. The van der Waals surface area contributed by atoms with Crippen LogP contribution in [0, 0.1) is 13.8 Å². The first-order valence-corrected chi connectivity index (χ1v) is 11.8. The molecule has 1 amide bonds. The second-order valence-corrected chi connectivity index (χ2v) is 8.69. The van der Waals surface area contributed by atoms with E-state index in [1.165, 1.54) is 28.0 Å². The fourth-order valence-corrected chi connectivity index (χ4v) is 4.52. The number of nitrogens with one attached hydrogen (secondary N) is 1. The first-order chi connectivity index (χ1) is 15.1. The molecule has 2 aromatic carbocycles. The number of carbonyl (C=O) groups is 1. The van der Waals surface area contributed by atoms with Crippen LogP contribution in [0.4, 0.5) is 5.69 Å². The molecule has 6 heteroatoms. The highest BCUT2D eigenvalue weighted by atomic mass is 32.1. The van der Waals surface area contributed by atoms with Gasteiger partial charge in [-0.3, -0.25) is 4.79 Å². The molecule has 0 unspecified atom stereocenters. The van der Waals surface area contributed by atoms with Crippen molar-refractivity contribution in [1.29, 1.82) is 0 Å². The van der Waals surface area contributed by atoms with Crippen LogP contribution < -0.4 is 15.9 Å². The van der Waals surface area contributed by atoms with E-state index in [0.717, 1.165) is 42.7 Å². The van der Waals surface area contributed by atoms with Gasteiger partial charge in [-0.15, -0.1) is 11.3 Å². The van der Waals surface area contributed by atoms with Crippen LogP contribution in [0.1, 0.15) is 46.4 Å². The van der Waals surface area contributed by atoms with Gasteiger partial charge in [0, 0.05) is 18.5 Å². The molecule has 0 saturated carbocycles. The molecule has 0 aliphatic carbocycles. The van der Waals surface area contributed by atoms with Crippen LogP contribution in [0.15, 0.2) is 58.9 Å². The van der Waals surface area contributed by atoms with Crippen LogP contribution in [0.5, 0.6) is 0 Å². The Hall–Kier alpha value is -2.70. The number of rotatable bonds is 10. The standard InChI is InChI=1S/C25H32N4OS/c1-19-15-20(2)17-22(16-19)28-25-29(14-8-4-7-12-26)23(18-31-25)24(30)27-13-11-21-9-5-3-6-10-21/h3,5-6,9-10,15-18H,4,7-8,11-14,26H2,1-2H3,(H,27,30). The van der Waals surface area contributed by atoms with Gasteiger partial charge in [-0.25, -0.2) is 4.99 Å². The predicted octanol–water partition coefficient (Wildman–Crippen LogP) is 4.50. The topological polar surface area (TPSA) is 72.4 Å². The average Bonchev–Trinajstić information content (AvgIpc) is 3.13. The molecule has 0 radical (unpaired) electrons. The van der Waals surface area contributed by atoms with E-state index in [9.17, 15) is 4.79 Å². The van der Waals surface area contributed by atoms with E-state index in [1.54, 1.807) is 0 Å². The number of hydrogen-bond acceptors (Lipinski definition) is 4. The maximum Gasteiger partial charge on any atom is 0.268 e. The second kappa shape index (κ2) is 11.6. The Morgan fingerprint density at radius 2 is 1.81 bits per heavy atom. The molecule has 1 aromatic heterocycles. The fraction of sp³-hybridized carbons (Fsp3) is 0.360. The summed E-state index contributed by atoms with van der Waals surface area (Å²) in [5, 5.41) is 4.99. The molecular formula is C25H32N4OS. The molecule has 0 saturated heterocycles. The van der Waals surface area contributed by atoms with Crippen molar-refractivity contribution >= 4 is 22.9 Å². The minimum Gasteiger partial charge on any atom is -0.350 e. The van der Waals surface area contributed by atoms with Gasteiger partial charge in [-0.2, -0.15) is 0 Å². The van der Waals surface area contributed by atoms with Gasteiger partial charge in [0.25, 0.3) is 5.91 Å². The molecule has 3 N–H and O–H groups in total. The summed E-state index contributed by atoms with van der Waals surface area (Å²) in [7, 11) is 0. The van der Waals surface area contributed by atoms with Crippen LogP contribution in [0.25, 0.3) is 0 Å². The number of carbonyl (C=O) groups excluding carboxylic acids is 1. The summed E-state index contributed by atoms with van der Waals surface area (Å²) in [5.41, 5.74) is 10.8. The molecular weight excluding hydrogens is 404 g/mol. The number of aromatic nitrogens is 1. The van der Waals surface area contributed by atoms with Crippen molar-refractivity contribution in [2.75, 3.05) is 13.1 Å². The molecule has 1 heterocycles. The molecule has 0 aliphatic rings. The van der Waals surface area contributed by atoms with Crippen molar-refractivity contribution in [3.05, 3.63) is 81.1 Å². The van der Waals surface area contributed by atoms with Crippen molar-refractivity contribution in [3.8, 4) is 0 Å². The van der Waals surface area contributed by atoms with Gasteiger partial charge in [0.2, 0.25) is 0 Å². The zero-order valence-corrected chi connectivity index (χ0v) is 19.3. The van der Waals surface area contributed by atoms with Crippen molar-refractivity contribution in [2.24, 2.45) is 10.7 Å². The molecule has 0 bridgehead atoms. The predicted molar refractivity (Wildman–Crippen MR) is 129 cm³/mol. The molecule has 31 heavy (non-hydrogen) atoms. The van der Waals surface area contributed by atoms with E-state index in [-0.39, 0.29) is 5.91 Å². The normalized spacial score (nSPS) is 11.6. The van der Waals surface area contributed by atoms with Crippen LogP contribution in [-0.4, -0.2) is 23.6 Å². The molecule has 0 atom stereocenters. The van der Waals surface area contributed by atoms with Gasteiger partial charge in [-0.1, -0.05) is 42.8 Å². The third kappa shape index (κ3) is 6.91. The third-order valence-electron chi connectivity index (χ3n) is 5.09. The van der Waals surface area contributed by atoms with Gasteiger partial charge >= 0.3 is 0 Å². The van der Waals surface area contributed by atoms with E-state index in [4.69, 9.17) is 10.7 Å². The largest absolute Gasteiger partial charge is 0.350 e. The monoisotopic (exact) mass is 436 g/mol. The highest BCUT2D eigenvalue weighted by Crippen LogP contribution is 2.17. The molecule has 164 valence electrons. The Morgan fingerprint density at radius 3 is 2.52 bits per heavy atom. The summed E-state index contributed by atoms with van der Waals surface area (Å²) in [6.07, 6.45) is 3.82. The Kier molecular flexibility index (Phi) is 8.62. The van der Waals surface area contributed by atoms with E-state index >= 15 is 0 Å². The second-order valence-electron chi connectivity index (χ2n) is 7.85. The first-order valence-electron chi connectivity index (χ1n) is 10.9. The van der Waals surface area contributed by atoms with Crippen molar-refractivity contribution in [2.45, 2.75) is 46.1 Å². The van der Waals surface area contributed by atoms with Gasteiger partial charge in [-0.05, 0) is 68.5 Å². The zero-order chi connectivity index (χ0) is 22.1. The van der Waals surface area contributed by atoms with Gasteiger partial charge < -0.3 is 15.6 Å². The Morgan fingerprint density at radius 1 is 1.06 bits per heavy atom. The number of benzene rings is 2. The van der Waals surface area contributed by atoms with Gasteiger partial charge in [0.15, 0.2) is 4.80 Å². The highest BCUT2D eigenvalue weighted by molar-refractivity contribution is 7.07. The lowest BCUT2D eigenvalue weighted by Crippen LogP contribution is -2.30. The zero-order valence-electron chi connectivity index (χ0n) is 18.4. The minimum atomic E-state index is -0.0483. The summed E-state index contributed by atoms with van der Waals surface area (Å²) >= 11 is 1.52. The molecule has 3 aromatic rings. The third-order valence-corrected chi connectivity index (χ3v) is 5.95. The summed E-state index contributed by atoms with van der Waals surface area (Å²) in [6.45, 7) is 6.21. The maximum atomic E-state index is 12.9. The first kappa shape index (κ1) is 23.0. The summed E-state index contributed by atoms with van der Waals surface area (Å²) < 4.78 is 2.05.